The van der Waals surface area contributed by atoms with Gasteiger partial charge in [-0.05, 0) is 24.1 Å². The zero-order valence-corrected chi connectivity index (χ0v) is 8.64. The molecule has 0 fully saturated rings. The van der Waals surface area contributed by atoms with Gasteiger partial charge in [-0.3, -0.25) is 11.3 Å². The summed E-state index contributed by atoms with van der Waals surface area (Å²) in [7, 11) is 0. The average molecular weight is 229 g/mol. The molecule has 0 heterocycles. The molecule has 0 saturated heterocycles. The van der Waals surface area contributed by atoms with Crippen molar-refractivity contribution < 1.29 is 0 Å². The topological polar surface area (TPSA) is 38.0 Å². The highest BCUT2D eigenvalue weighted by Gasteiger charge is 2.05. The fraction of sp³-hybridized carbons (Fsp3) is 0.333. The molecule has 3 N–H and O–H groups in total. The van der Waals surface area contributed by atoms with Crippen molar-refractivity contribution in [3.8, 4) is 0 Å². The number of halogens is 1. The van der Waals surface area contributed by atoms with Gasteiger partial charge < -0.3 is 0 Å². The van der Waals surface area contributed by atoms with Crippen LogP contribution in [0.5, 0.6) is 0 Å². The Morgan fingerprint density at radius 1 is 1.58 bits per heavy atom. The van der Waals surface area contributed by atoms with E-state index in [0.717, 1.165) is 10.9 Å². The maximum absolute atomic E-state index is 5.40. The summed E-state index contributed by atoms with van der Waals surface area (Å²) in [5, 5.41) is 0. The van der Waals surface area contributed by atoms with Crippen LogP contribution < -0.4 is 11.3 Å². The first kappa shape index (κ1) is 9.71. The summed E-state index contributed by atoms with van der Waals surface area (Å²) in [5.74, 6) is 5.40. The van der Waals surface area contributed by atoms with Gasteiger partial charge >= 0.3 is 0 Å². The molecule has 1 atom stereocenters. The lowest BCUT2D eigenvalue weighted by Crippen LogP contribution is -2.27. The number of rotatable bonds is 3. The Labute approximate surface area is 81.3 Å². The van der Waals surface area contributed by atoms with Crippen LogP contribution in [0.25, 0.3) is 0 Å². The number of hydrazine groups is 1. The van der Waals surface area contributed by atoms with Crippen LogP contribution in [0.4, 0.5) is 0 Å². The van der Waals surface area contributed by atoms with Gasteiger partial charge in [0, 0.05) is 10.5 Å². The molecule has 0 aliphatic rings. The maximum atomic E-state index is 5.40. The van der Waals surface area contributed by atoms with Crippen molar-refractivity contribution >= 4 is 15.9 Å². The Kier molecular flexibility index (Phi) is 3.72. The van der Waals surface area contributed by atoms with Crippen molar-refractivity contribution in [3.05, 3.63) is 34.3 Å². The average Bonchev–Trinajstić information content (AvgIpc) is 2.07. The van der Waals surface area contributed by atoms with Crippen LogP contribution in [0.3, 0.4) is 0 Å². The molecule has 2 nitrogen and oxygen atoms in total. The van der Waals surface area contributed by atoms with Crippen LogP contribution in [-0.2, 0) is 0 Å². The van der Waals surface area contributed by atoms with E-state index in [1.54, 1.807) is 0 Å². The number of nitrogens with two attached hydrogens (primary N) is 1. The third-order valence-corrected chi connectivity index (χ3v) is 2.35. The van der Waals surface area contributed by atoms with Crippen molar-refractivity contribution in [2.75, 3.05) is 0 Å². The minimum absolute atomic E-state index is 0.252. The molecule has 1 rings (SSSR count). The van der Waals surface area contributed by atoms with E-state index >= 15 is 0 Å². The first-order chi connectivity index (χ1) is 5.77. The molecule has 0 bridgehead atoms. The van der Waals surface area contributed by atoms with E-state index in [2.05, 4.69) is 40.4 Å². The zero-order chi connectivity index (χ0) is 8.97. The lowest BCUT2D eigenvalue weighted by Gasteiger charge is -2.13. The second kappa shape index (κ2) is 4.60. The molecule has 0 spiro atoms. The van der Waals surface area contributed by atoms with Crippen molar-refractivity contribution in [1.82, 2.24) is 5.43 Å². The van der Waals surface area contributed by atoms with Crippen LogP contribution in [0, 0.1) is 0 Å². The van der Waals surface area contributed by atoms with Crippen LogP contribution >= 0.6 is 15.9 Å². The summed E-state index contributed by atoms with van der Waals surface area (Å²) in [6.45, 7) is 2.10. The Bertz CT molecular complexity index is 246. The van der Waals surface area contributed by atoms with E-state index in [-0.39, 0.29) is 6.04 Å². The normalized spacial score (nSPS) is 12.9. The fourth-order valence-electron chi connectivity index (χ4n) is 1.17. The van der Waals surface area contributed by atoms with Gasteiger partial charge in [0.1, 0.15) is 0 Å². The summed E-state index contributed by atoms with van der Waals surface area (Å²) < 4.78 is 1.09. The van der Waals surface area contributed by atoms with E-state index in [4.69, 9.17) is 5.84 Å². The van der Waals surface area contributed by atoms with Crippen molar-refractivity contribution in [2.24, 2.45) is 5.84 Å². The molecule has 1 unspecified atom stereocenters. The van der Waals surface area contributed by atoms with Gasteiger partial charge in [-0.2, -0.15) is 0 Å². The van der Waals surface area contributed by atoms with E-state index in [1.165, 1.54) is 5.56 Å². The Balaban J connectivity index is 2.85. The van der Waals surface area contributed by atoms with Crippen LogP contribution in [0.2, 0.25) is 0 Å². The molecule has 0 saturated carbocycles. The van der Waals surface area contributed by atoms with Crippen LogP contribution in [0.1, 0.15) is 24.9 Å². The molecule has 12 heavy (non-hydrogen) atoms. The van der Waals surface area contributed by atoms with Gasteiger partial charge in [0.2, 0.25) is 0 Å². The van der Waals surface area contributed by atoms with Crippen molar-refractivity contribution in [3.63, 3.8) is 0 Å². The number of nitrogens with one attached hydrogen (secondary N) is 1. The summed E-state index contributed by atoms with van der Waals surface area (Å²) in [4.78, 5) is 0. The largest absolute Gasteiger partial charge is 0.271 e. The SMILES string of the molecule is CCC(NN)c1cccc(Br)c1. The predicted molar refractivity (Wildman–Crippen MR) is 54.5 cm³/mol. The monoisotopic (exact) mass is 228 g/mol. The molecule has 1 aromatic carbocycles. The summed E-state index contributed by atoms with van der Waals surface area (Å²) in [5.41, 5.74) is 3.99. The zero-order valence-electron chi connectivity index (χ0n) is 7.05. The molecule has 3 heteroatoms. The van der Waals surface area contributed by atoms with Gasteiger partial charge in [0.25, 0.3) is 0 Å². The minimum Gasteiger partial charge on any atom is -0.271 e. The van der Waals surface area contributed by atoms with Crippen molar-refractivity contribution in [1.29, 1.82) is 0 Å². The van der Waals surface area contributed by atoms with E-state index in [1.807, 2.05) is 12.1 Å². The summed E-state index contributed by atoms with van der Waals surface area (Å²) >= 11 is 3.42. The smallest absolute Gasteiger partial charge is 0.0457 e. The Morgan fingerprint density at radius 2 is 2.33 bits per heavy atom. The highest BCUT2D eigenvalue weighted by atomic mass is 79.9. The predicted octanol–water partition coefficient (Wildman–Crippen LogP) is 2.36. The third-order valence-electron chi connectivity index (χ3n) is 1.86. The van der Waals surface area contributed by atoms with Gasteiger partial charge in [0.15, 0.2) is 0 Å². The molecule has 0 aliphatic heterocycles. The quantitative estimate of drug-likeness (QED) is 0.616. The van der Waals surface area contributed by atoms with Crippen molar-refractivity contribution in [2.45, 2.75) is 19.4 Å². The highest BCUT2D eigenvalue weighted by molar-refractivity contribution is 9.10. The summed E-state index contributed by atoms with van der Waals surface area (Å²) in [6, 6.07) is 8.42. The van der Waals surface area contributed by atoms with Gasteiger partial charge in [0.05, 0.1) is 0 Å². The lowest BCUT2D eigenvalue weighted by atomic mass is 10.1. The van der Waals surface area contributed by atoms with Gasteiger partial charge in [-0.1, -0.05) is 35.0 Å². The van der Waals surface area contributed by atoms with E-state index in [9.17, 15) is 0 Å². The second-order valence-electron chi connectivity index (χ2n) is 2.68. The molecule has 0 aromatic heterocycles. The first-order valence-electron chi connectivity index (χ1n) is 3.99. The van der Waals surface area contributed by atoms with Crippen LogP contribution in [-0.4, -0.2) is 0 Å². The van der Waals surface area contributed by atoms with Gasteiger partial charge in [-0.25, -0.2) is 0 Å². The fourth-order valence-corrected chi connectivity index (χ4v) is 1.59. The van der Waals surface area contributed by atoms with Crippen LogP contribution in [0.15, 0.2) is 28.7 Å². The molecule has 0 aliphatic carbocycles. The first-order valence-corrected chi connectivity index (χ1v) is 4.78. The third kappa shape index (κ3) is 2.30. The molecule has 0 radical (unpaired) electrons. The summed E-state index contributed by atoms with van der Waals surface area (Å²) in [6.07, 6.45) is 0.993. The maximum Gasteiger partial charge on any atom is 0.0457 e. The second-order valence-corrected chi connectivity index (χ2v) is 3.60. The molecule has 66 valence electrons. The number of hydrogen-bond acceptors (Lipinski definition) is 2. The number of hydrogen-bond donors (Lipinski definition) is 2. The molecule has 1 aromatic rings. The molecular weight excluding hydrogens is 216 g/mol. The Morgan fingerprint density at radius 3 is 2.83 bits per heavy atom. The Hall–Kier alpha value is -0.380. The molecule has 0 amide bonds. The highest BCUT2D eigenvalue weighted by Crippen LogP contribution is 2.19. The van der Waals surface area contributed by atoms with E-state index in [0.29, 0.717) is 0 Å². The van der Waals surface area contributed by atoms with Gasteiger partial charge in [-0.15, -0.1) is 0 Å². The number of benzene rings is 1. The standard InChI is InChI=1S/C9H13BrN2/c1-2-9(12-11)7-4-3-5-8(10)6-7/h3-6,9,12H,2,11H2,1H3. The minimum atomic E-state index is 0.252. The lowest BCUT2D eigenvalue weighted by molar-refractivity contribution is 0.539. The molecular formula is C9H13BrN2. The van der Waals surface area contributed by atoms with E-state index < -0.39 is 0 Å².